The first kappa shape index (κ1) is 18.8. The predicted octanol–water partition coefficient (Wildman–Crippen LogP) is 1.97. The van der Waals surface area contributed by atoms with E-state index in [1.165, 1.54) is 5.56 Å². The van der Waals surface area contributed by atoms with Gasteiger partial charge in [0.2, 0.25) is 5.91 Å². The Hall–Kier alpha value is -2.54. The fraction of sp³-hybridized carbons (Fsp3) is 0.524. The Morgan fingerprint density at radius 2 is 1.96 bits per heavy atom. The van der Waals surface area contributed by atoms with Gasteiger partial charge in [-0.15, -0.1) is 0 Å². The smallest absolute Gasteiger partial charge is 0.244 e. The molecule has 2 aliphatic heterocycles. The number of likely N-dealkylation sites (tertiary alicyclic amines) is 1. The first-order valence-electron chi connectivity index (χ1n) is 10.0. The number of fused-ring (bicyclic) bond motifs is 1. The number of aromatic nitrogens is 3. The standard InChI is InChI=1S/C21H28N6O/c1-15-23-18-14-27(12-8-17(18)20(24-15)25(2)3)21(28)19(26-10-4-5-11-26)16-7-6-9-22-13-16/h6-7,9,13,19H,4-5,8,10-12,14H2,1-3H3. The lowest BCUT2D eigenvalue weighted by molar-refractivity contribution is -0.138. The molecular weight excluding hydrogens is 352 g/mol. The molecule has 1 fully saturated rings. The number of hydrogen-bond donors (Lipinski definition) is 0. The highest BCUT2D eigenvalue weighted by Gasteiger charge is 2.35. The van der Waals surface area contributed by atoms with E-state index in [0.717, 1.165) is 55.3 Å². The van der Waals surface area contributed by atoms with Crippen molar-refractivity contribution in [2.45, 2.75) is 38.8 Å². The Balaban J connectivity index is 1.63. The Morgan fingerprint density at radius 3 is 2.64 bits per heavy atom. The van der Waals surface area contributed by atoms with E-state index >= 15 is 0 Å². The molecule has 7 nitrogen and oxygen atoms in total. The number of amides is 1. The number of nitrogens with zero attached hydrogens (tertiary/aromatic N) is 6. The molecule has 4 rings (SSSR count). The Labute approximate surface area is 166 Å². The zero-order chi connectivity index (χ0) is 19.7. The van der Waals surface area contributed by atoms with Gasteiger partial charge in [0.15, 0.2) is 0 Å². The van der Waals surface area contributed by atoms with E-state index in [0.29, 0.717) is 13.1 Å². The maximum Gasteiger partial charge on any atom is 0.244 e. The third-order valence-corrected chi connectivity index (χ3v) is 5.63. The van der Waals surface area contributed by atoms with Crippen molar-refractivity contribution < 1.29 is 4.79 Å². The minimum Gasteiger partial charge on any atom is -0.362 e. The van der Waals surface area contributed by atoms with Crippen molar-refractivity contribution in [1.29, 1.82) is 0 Å². The summed E-state index contributed by atoms with van der Waals surface area (Å²) < 4.78 is 0. The van der Waals surface area contributed by atoms with Crippen molar-refractivity contribution in [3.05, 3.63) is 47.2 Å². The number of anilines is 1. The van der Waals surface area contributed by atoms with Crippen LogP contribution in [0.3, 0.4) is 0 Å². The van der Waals surface area contributed by atoms with Gasteiger partial charge < -0.3 is 9.80 Å². The zero-order valence-corrected chi connectivity index (χ0v) is 16.9. The number of pyridine rings is 1. The van der Waals surface area contributed by atoms with Crippen molar-refractivity contribution >= 4 is 11.7 Å². The Bertz CT molecular complexity index is 847. The van der Waals surface area contributed by atoms with Crippen LogP contribution in [0.2, 0.25) is 0 Å². The Morgan fingerprint density at radius 1 is 1.18 bits per heavy atom. The SMILES string of the molecule is Cc1nc2c(c(N(C)C)n1)CCN(C(=O)C(c1cccnc1)N1CCCC1)C2. The fourth-order valence-electron chi connectivity index (χ4n) is 4.31. The van der Waals surface area contributed by atoms with Crippen molar-refractivity contribution in [3.8, 4) is 0 Å². The average Bonchev–Trinajstić information content (AvgIpc) is 3.22. The second-order valence-corrected chi connectivity index (χ2v) is 7.86. The molecule has 148 valence electrons. The molecule has 2 aromatic rings. The summed E-state index contributed by atoms with van der Waals surface area (Å²) in [4.78, 5) is 33.4. The quantitative estimate of drug-likeness (QED) is 0.808. The summed E-state index contributed by atoms with van der Waals surface area (Å²) in [5.74, 6) is 1.88. The molecular formula is C21H28N6O. The molecule has 0 radical (unpaired) electrons. The van der Waals surface area contributed by atoms with Crippen LogP contribution in [0.4, 0.5) is 5.82 Å². The highest BCUT2D eigenvalue weighted by molar-refractivity contribution is 5.83. The van der Waals surface area contributed by atoms with Crippen LogP contribution < -0.4 is 4.90 Å². The maximum atomic E-state index is 13.6. The van der Waals surface area contributed by atoms with Crippen molar-refractivity contribution in [2.75, 3.05) is 38.6 Å². The molecule has 4 heterocycles. The van der Waals surface area contributed by atoms with Crippen LogP contribution in [0.1, 0.15) is 41.5 Å². The van der Waals surface area contributed by atoms with E-state index < -0.39 is 0 Å². The number of aryl methyl sites for hydroxylation is 1. The third-order valence-electron chi connectivity index (χ3n) is 5.63. The summed E-state index contributed by atoms with van der Waals surface area (Å²) in [5, 5.41) is 0. The highest BCUT2D eigenvalue weighted by atomic mass is 16.2. The van der Waals surface area contributed by atoms with Gasteiger partial charge in [-0.1, -0.05) is 6.07 Å². The first-order chi connectivity index (χ1) is 13.5. The van der Waals surface area contributed by atoms with Crippen molar-refractivity contribution in [2.24, 2.45) is 0 Å². The molecule has 7 heteroatoms. The van der Waals surface area contributed by atoms with Crippen LogP contribution in [0, 0.1) is 6.92 Å². The number of carbonyl (C=O) groups excluding carboxylic acids is 1. The Kier molecular flexibility index (Phi) is 5.26. The second-order valence-electron chi connectivity index (χ2n) is 7.86. The molecule has 1 unspecified atom stereocenters. The topological polar surface area (TPSA) is 65.5 Å². The van der Waals surface area contributed by atoms with Crippen LogP contribution in [-0.2, 0) is 17.8 Å². The lowest BCUT2D eigenvalue weighted by atomic mass is 10.0. The number of hydrogen-bond acceptors (Lipinski definition) is 6. The molecule has 1 atom stereocenters. The van der Waals surface area contributed by atoms with Crippen LogP contribution >= 0.6 is 0 Å². The second kappa shape index (κ2) is 7.83. The maximum absolute atomic E-state index is 13.6. The van der Waals surface area contributed by atoms with E-state index in [2.05, 4.69) is 19.9 Å². The monoisotopic (exact) mass is 380 g/mol. The molecule has 2 aliphatic rings. The number of rotatable bonds is 4. The van der Waals surface area contributed by atoms with Gasteiger partial charge in [-0.3, -0.25) is 14.7 Å². The van der Waals surface area contributed by atoms with E-state index in [1.54, 1.807) is 6.20 Å². The van der Waals surface area contributed by atoms with Crippen LogP contribution in [0.5, 0.6) is 0 Å². The molecule has 0 aromatic carbocycles. The van der Waals surface area contributed by atoms with E-state index in [1.807, 2.05) is 49.1 Å². The van der Waals surface area contributed by atoms with E-state index in [4.69, 9.17) is 0 Å². The average molecular weight is 380 g/mol. The minimum atomic E-state index is -0.256. The zero-order valence-electron chi connectivity index (χ0n) is 16.9. The summed E-state index contributed by atoms with van der Waals surface area (Å²) in [6.45, 7) is 5.08. The van der Waals surface area contributed by atoms with Gasteiger partial charge in [-0.05, 0) is 50.9 Å². The molecule has 28 heavy (non-hydrogen) atoms. The molecule has 0 bridgehead atoms. The molecule has 2 aromatic heterocycles. The summed E-state index contributed by atoms with van der Waals surface area (Å²) in [7, 11) is 4.01. The lowest BCUT2D eigenvalue weighted by Gasteiger charge is -2.35. The summed E-state index contributed by atoms with van der Waals surface area (Å²) in [5.41, 5.74) is 3.12. The molecule has 1 saturated heterocycles. The van der Waals surface area contributed by atoms with E-state index in [-0.39, 0.29) is 11.9 Å². The van der Waals surface area contributed by atoms with Gasteiger partial charge in [0.05, 0.1) is 12.2 Å². The third kappa shape index (κ3) is 3.58. The molecule has 0 N–H and O–H groups in total. The number of carbonyl (C=O) groups is 1. The molecule has 1 amide bonds. The predicted molar refractivity (Wildman–Crippen MR) is 108 cm³/mol. The lowest BCUT2D eigenvalue weighted by Crippen LogP contribution is -2.44. The molecule has 0 aliphatic carbocycles. The highest BCUT2D eigenvalue weighted by Crippen LogP contribution is 2.30. The van der Waals surface area contributed by atoms with E-state index in [9.17, 15) is 4.79 Å². The van der Waals surface area contributed by atoms with Gasteiger partial charge in [-0.25, -0.2) is 9.97 Å². The van der Waals surface area contributed by atoms with Crippen LogP contribution in [0.25, 0.3) is 0 Å². The first-order valence-corrected chi connectivity index (χ1v) is 10.0. The fourth-order valence-corrected chi connectivity index (χ4v) is 4.31. The molecule has 0 spiro atoms. The van der Waals surface area contributed by atoms with Gasteiger partial charge in [0.25, 0.3) is 0 Å². The normalized spacial score (nSPS) is 18.0. The summed E-state index contributed by atoms with van der Waals surface area (Å²) >= 11 is 0. The van der Waals surface area contributed by atoms with Gasteiger partial charge in [-0.2, -0.15) is 0 Å². The minimum absolute atomic E-state index is 0.156. The van der Waals surface area contributed by atoms with Gasteiger partial charge >= 0.3 is 0 Å². The van der Waals surface area contributed by atoms with Crippen LogP contribution in [-0.4, -0.2) is 64.4 Å². The van der Waals surface area contributed by atoms with Gasteiger partial charge in [0, 0.05) is 38.6 Å². The molecule has 0 saturated carbocycles. The largest absolute Gasteiger partial charge is 0.362 e. The van der Waals surface area contributed by atoms with Crippen LogP contribution in [0.15, 0.2) is 24.5 Å². The van der Waals surface area contributed by atoms with Crippen molar-refractivity contribution in [1.82, 2.24) is 24.8 Å². The van der Waals surface area contributed by atoms with Gasteiger partial charge in [0.1, 0.15) is 17.7 Å². The van der Waals surface area contributed by atoms with Crippen molar-refractivity contribution in [3.63, 3.8) is 0 Å². The summed E-state index contributed by atoms with van der Waals surface area (Å²) in [6.07, 6.45) is 6.66. The summed E-state index contributed by atoms with van der Waals surface area (Å²) in [6, 6.07) is 3.67.